The number of rotatable bonds is 2. The van der Waals surface area contributed by atoms with Crippen molar-refractivity contribution >= 4 is 12.6 Å². The highest BCUT2D eigenvalue weighted by Crippen LogP contribution is 1.94. The van der Waals surface area contributed by atoms with Gasteiger partial charge in [0.25, 0.3) is 0 Å². The van der Waals surface area contributed by atoms with E-state index < -0.39 is 0 Å². The molecular weight excluding hydrogens is 132 g/mol. The third-order valence-corrected chi connectivity index (χ3v) is 1.03. The third-order valence-electron chi connectivity index (χ3n) is 0.876. The van der Waals surface area contributed by atoms with Crippen LogP contribution in [0.4, 0.5) is 0 Å². The molecule has 0 spiro atoms. The Labute approximate surface area is 61.0 Å². The molecule has 0 aliphatic heterocycles. The van der Waals surface area contributed by atoms with Crippen molar-refractivity contribution in [2.45, 2.75) is 13.3 Å². The topological polar surface area (TPSA) is 52.0 Å². The molecule has 0 atom stereocenters. The molecule has 0 rings (SSSR count). The van der Waals surface area contributed by atoms with Crippen molar-refractivity contribution < 1.29 is 0 Å². The van der Waals surface area contributed by atoms with Crippen molar-refractivity contribution in [2.24, 2.45) is 11.5 Å². The molecule has 52 valence electrons. The normalized spacial score (nSPS) is 14.0. The molecule has 0 radical (unpaired) electrons. The van der Waals surface area contributed by atoms with Gasteiger partial charge in [0.05, 0.1) is 5.03 Å². The van der Waals surface area contributed by atoms with E-state index in [-0.39, 0.29) is 0 Å². The quantitative estimate of drug-likeness (QED) is 0.399. The molecule has 0 bridgehead atoms. The van der Waals surface area contributed by atoms with E-state index in [0.29, 0.717) is 5.03 Å². The van der Waals surface area contributed by atoms with E-state index in [0.717, 1.165) is 12.1 Å². The van der Waals surface area contributed by atoms with Crippen LogP contribution in [0.3, 0.4) is 0 Å². The van der Waals surface area contributed by atoms with Gasteiger partial charge >= 0.3 is 0 Å². The number of thiol groups is 1. The molecule has 9 heavy (non-hydrogen) atoms. The molecule has 0 aromatic heterocycles. The molecule has 0 saturated heterocycles. The van der Waals surface area contributed by atoms with E-state index in [1.54, 1.807) is 12.2 Å². The summed E-state index contributed by atoms with van der Waals surface area (Å²) in [5.41, 5.74) is 11.5. The summed E-state index contributed by atoms with van der Waals surface area (Å²) in [4.78, 5) is 0. The largest absolute Gasteiger partial charge is 0.402 e. The zero-order valence-corrected chi connectivity index (χ0v) is 6.36. The minimum absolute atomic E-state index is 0.478. The van der Waals surface area contributed by atoms with Crippen LogP contribution in [0.2, 0.25) is 0 Å². The summed E-state index contributed by atoms with van der Waals surface area (Å²) in [6.07, 6.45) is 4.27. The van der Waals surface area contributed by atoms with Crippen LogP contribution in [0, 0.1) is 0 Å². The van der Waals surface area contributed by atoms with Gasteiger partial charge in [-0.3, -0.25) is 0 Å². The first-order chi connectivity index (χ1) is 4.16. The predicted octanol–water partition coefficient (Wildman–Crippen LogP) is 0.969. The first-order valence-corrected chi connectivity index (χ1v) is 3.22. The van der Waals surface area contributed by atoms with Gasteiger partial charge in [-0.1, -0.05) is 6.92 Å². The zero-order chi connectivity index (χ0) is 7.28. The Morgan fingerprint density at radius 1 is 1.44 bits per heavy atom. The monoisotopic (exact) mass is 144 g/mol. The van der Waals surface area contributed by atoms with Gasteiger partial charge in [0.15, 0.2) is 0 Å². The standard InChI is InChI=1S/C6H12N2S/c1-2-5(7)3-4-6(8)9/h3-4,9H,2,7-8H2,1H3/b5-3-,6-4+. The van der Waals surface area contributed by atoms with E-state index in [2.05, 4.69) is 12.6 Å². The van der Waals surface area contributed by atoms with Crippen LogP contribution in [0.15, 0.2) is 22.9 Å². The molecule has 0 aromatic carbocycles. The van der Waals surface area contributed by atoms with E-state index in [4.69, 9.17) is 11.5 Å². The second-order valence-corrected chi connectivity index (χ2v) is 2.20. The van der Waals surface area contributed by atoms with Gasteiger partial charge in [-0.25, -0.2) is 0 Å². The summed E-state index contributed by atoms with van der Waals surface area (Å²) < 4.78 is 0. The highest BCUT2D eigenvalue weighted by Gasteiger charge is 1.79. The molecule has 2 nitrogen and oxygen atoms in total. The summed E-state index contributed by atoms with van der Waals surface area (Å²) in [6.45, 7) is 1.98. The van der Waals surface area contributed by atoms with E-state index in [9.17, 15) is 0 Å². The molecule has 0 aliphatic carbocycles. The minimum atomic E-state index is 0.478. The van der Waals surface area contributed by atoms with Crippen molar-refractivity contribution in [3.05, 3.63) is 22.9 Å². The fourth-order valence-electron chi connectivity index (χ4n) is 0.310. The average molecular weight is 144 g/mol. The maximum atomic E-state index is 5.45. The second kappa shape index (κ2) is 4.32. The third kappa shape index (κ3) is 5.30. The maximum Gasteiger partial charge on any atom is 0.0624 e. The van der Waals surface area contributed by atoms with E-state index in [1.165, 1.54) is 0 Å². The van der Waals surface area contributed by atoms with Crippen LogP contribution in [-0.4, -0.2) is 0 Å². The van der Waals surface area contributed by atoms with Crippen molar-refractivity contribution in [2.75, 3.05) is 0 Å². The van der Waals surface area contributed by atoms with Crippen molar-refractivity contribution in [1.29, 1.82) is 0 Å². The van der Waals surface area contributed by atoms with Gasteiger partial charge in [-0.05, 0) is 18.6 Å². The van der Waals surface area contributed by atoms with Gasteiger partial charge in [0.1, 0.15) is 0 Å². The lowest BCUT2D eigenvalue weighted by Gasteiger charge is -1.90. The van der Waals surface area contributed by atoms with Crippen LogP contribution < -0.4 is 11.5 Å². The maximum absolute atomic E-state index is 5.45. The second-order valence-electron chi connectivity index (χ2n) is 1.69. The van der Waals surface area contributed by atoms with Gasteiger partial charge in [-0.15, -0.1) is 12.6 Å². The van der Waals surface area contributed by atoms with Crippen molar-refractivity contribution in [3.63, 3.8) is 0 Å². The van der Waals surface area contributed by atoms with Crippen molar-refractivity contribution in [1.82, 2.24) is 0 Å². The highest BCUT2D eigenvalue weighted by molar-refractivity contribution is 7.84. The molecule has 0 unspecified atom stereocenters. The number of allylic oxidation sites excluding steroid dienone is 3. The Bertz CT molecular complexity index is 134. The van der Waals surface area contributed by atoms with Gasteiger partial charge in [0.2, 0.25) is 0 Å². The first-order valence-electron chi connectivity index (χ1n) is 2.77. The Kier molecular flexibility index (Phi) is 4.05. The van der Waals surface area contributed by atoms with Gasteiger partial charge in [-0.2, -0.15) is 0 Å². The molecule has 0 fully saturated rings. The Morgan fingerprint density at radius 3 is 2.33 bits per heavy atom. The fourth-order valence-corrected chi connectivity index (χ4v) is 0.385. The molecule has 0 aromatic rings. The van der Waals surface area contributed by atoms with Crippen molar-refractivity contribution in [3.8, 4) is 0 Å². The number of hydrogen-bond acceptors (Lipinski definition) is 3. The highest BCUT2D eigenvalue weighted by atomic mass is 32.1. The summed E-state index contributed by atoms with van der Waals surface area (Å²) in [7, 11) is 0. The van der Waals surface area contributed by atoms with E-state index >= 15 is 0 Å². The zero-order valence-electron chi connectivity index (χ0n) is 5.46. The average Bonchev–Trinajstić information content (AvgIpc) is 1.83. The van der Waals surface area contributed by atoms with Crippen LogP contribution >= 0.6 is 12.6 Å². The number of hydrogen-bond donors (Lipinski definition) is 3. The van der Waals surface area contributed by atoms with Crippen LogP contribution in [0.1, 0.15) is 13.3 Å². The molecule has 0 amide bonds. The van der Waals surface area contributed by atoms with Crippen LogP contribution in [0.5, 0.6) is 0 Å². The van der Waals surface area contributed by atoms with E-state index in [1.807, 2.05) is 6.92 Å². The molecule has 0 aliphatic rings. The lowest BCUT2D eigenvalue weighted by Crippen LogP contribution is -1.94. The summed E-state index contributed by atoms with van der Waals surface area (Å²) in [5.74, 6) is 0. The van der Waals surface area contributed by atoms with Crippen LogP contribution in [-0.2, 0) is 0 Å². The summed E-state index contributed by atoms with van der Waals surface area (Å²) in [6, 6.07) is 0. The summed E-state index contributed by atoms with van der Waals surface area (Å²) >= 11 is 3.85. The molecule has 0 heterocycles. The van der Waals surface area contributed by atoms with Crippen LogP contribution in [0.25, 0.3) is 0 Å². The molecule has 0 saturated carbocycles. The molecule has 4 N–H and O–H groups in total. The lowest BCUT2D eigenvalue weighted by atomic mass is 10.3. The summed E-state index contributed by atoms with van der Waals surface area (Å²) in [5, 5.41) is 0.478. The minimum Gasteiger partial charge on any atom is -0.402 e. The molecular formula is C6H12N2S. The first kappa shape index (κ1) is 8.43. The Balaban J connectivity index is 3.83. The molecule has 3 heteroatoms. The Morgan fingerprint density at radius 2 is 2.00 bits per heavy atom. The van der Waals surface area contributed by atoms with Gasteiger partial charge in [0, 0.05) is 5.70 Å². The fraction of sp³-hybridized carbons (Fsp3) is 0.333. The SMILES string of the molecule is CC/C(N)=C/C=C(\N)S. The smallest absolute Gasteiger partial charge is 0.0624 e. The lowest BCUT2D eigenvalue weighted by molar-refractivity contribution is 1.07. The Hall–Kier alpha value is -0.570. The predicted molar refractivity (Wildman–Crippen MR) is 43.8 cm³/mol. The number of nitrogens with two attached hydrogens (primary N) is 2. The van der Waals surface area contributed by atoms with Gasteiger partial charge < -0.3 is 11.5 Å².